The molecule has 210 valence electrons. The molecule has 2 fully saturated rings. The molecule has 0 radical (unpaired) electrons. The first kappa shape index (κ1) is 27.4. The largest absolute Gasteiger partial charge is 0.368 e. The van der Waals surface area contributed by atoms with Crippen molar-refractivity contribution < 1.29 is 23.6 Å². The van der Waals surface area contributed by atoms with Crippen molar-refractivity contribution in [3.8, 4) is 0 Å². The predicted molar refractivity (Wildman–Crippen MR) is 148 cm³/mol. The monoisotopic (exact) mass is 547 g/mol. The Bertz CT molecular complexity index is 1420. The molecule has 2 aromatic carbocycles. The summed E-state index contributed by atoms with van der Waals surface area (Å²) in [6.07, 6.45) is 6.48. The number of halogens is 1. The summed E-state index contributed by atoms with van der Waals surface area (Å²) in [5.74, 6) is -2.49. The first-order valence-corrected chi connectivity index (χ1v) is 13.8. The molecule has 2 unspecified atom stereocenters. The van der Waals surface area contributed by atoms with Crippen molar-refractivity contribution >= 4 is 34.5 Å². The van der Waals surface area contributed by atoms with Crippen molar-refractivity contribution in [1.82, 2.24) is 20.1 Å². The number of carbonyl (C=O) groups is 4. The third-order valence-corrected chi connectivity index (χ3v) is 8.04. The van der Waals surface area contributed by atoms with Crippen molar-refractivity contribution in [2.24, 2.45) is 11.7 Å². The van der Waals surface area contributed by atoms with E-state index in [2.05, 4.69) is 10.3 Å². The summed E-state index contributed by atoms with van der Waals surface area (Å²) in [7, 11) is 0. The number of nitrogens with one attached hydrogen (secondary N) is 2. The van der Waals surface area contributed by atoms with Gasteiger partial charge in [-0.15, -0.1) is 0 Å². The molecule has 0 bridgehead atoms. The van der Waals surface area contributed by atoms with Crippen LogP contribution in [0.25, 0.3) is 10.9 Å². The average Bonchev–Trinajstić information content (AvgIpc) is 3.38. The molecular weight excluding hydrogens is 513 g/mol. The third-order valence-electron chi connectivity index (χ3n) is 8.04. The quantitative estimate of drug-likeness (QED) is 0.420. The van der Waals surface area contributed by atoms with Gasteiger partial charge >= 0.3 is 0 Å². The maximum atomic E-state index is 13.8. The lowest BCUT2D eigenvalue weighted by Gasteiger charge is -2.42. The second-order valence-electron chi connectivity index (χ2n) is 10.7. The number of para-hydroxylation sites is 1. The molecule has 3 aromatic rings. The Morgan fingerprint density at radius 3 is 2.55 bits per heavy atom. The van der Waals surface area contributed by atoms with Crippen molar-refractivity contribution in [3.63, 3.8) is 0 Å². The van der Waals surface area contributed by atoms with Gasteiger partial charge in [0.1, 0.15) is 17.9 Å². The van der Waals surface area contributed by atoms with Gasteiger partial charge in [0.05, 0.1) is 6.54 Å². The highest BCUT2D eigenvalue weighted by Crippen LogP contribution is 2.28. The normalized spacial score (nSPS) is 18.9. The number of aromatic amines is 1. The van der Waals surface area contributed by atoms with Gasteiger partial charge < -0.3 is 25.8 Å². The molecule has 1 aliphatic carbocycles. The van der Waals surface area contributed by atoms with Gasteiger partial charge in [-0.05, 0) is 42.7 Å². The number of piperazine rings is 1. The Balaban J connectivity index is 1.37. The minimum atomic E-state index is -1.02. The van der Waals surface area contributed by atoms with Crippen LogP contribution in [0, 0.1) is 11.7 Å². The number of hydrogen-bond acceptors (Lipinski definition) is 4. The number of fused-ring (bicyclic) bond motifs is 1. The number of nitrogens with zero attached hydrogens (tertiary/aromatic N) is 2. The molecule has 1 aliphatic heterocycles. The lowest BCUT2D eigenvalue weighted by molar-refractivity contribution is -0.147. The number of nitrogens with two attached hydrogens (primary N) is 1. The van der Waals surface area contributed by atoms with Crippen molar-refractivity contribution in [2.45, 2.75) is 50.6 Å². The van der Waals surface area contributed by atoms with E-state index >= 15 is 0 Å². The predicted octanol–water partition coefficient (Wildman–Crippen LogP) is 2.75. The topological polar surface area (TPSA) is 129 Å². The smallest absolute Gasteiger partial charge is 0.254 e. The van der Waals surface area contributed by atoms with Crippen molar-refractivity contribution in [1.29, 1.82) is 0 Å². The van der Waals surface area contributed by atoms with E-state index in [1.54, 1.807) is 11.1 Å². The molecule has 2 aliphatic rings. The van der Waals surface area contributed by atoms with Crippen molar-refractivity contribution in [2.75, 3.05) is 19.6 Å². The van der Waals surface area contributed by atoms with E-state index < -0.39 is 35.6 Å². The number of H-pyrrole nitrogens is 1. The SMILES string of the molecule is NC(=O)C(Cc1c[nH]c2ccccc12)NC(=O)C1CN(C(=O)c2cccc(F)c2)CCN1C(=O)C1CCCCC1. The second-order valence-corrected chi connectivity index (χ2v) is 10.7. The van der Waals surface area contributed by atoms with Crippen LogP contribution in [0.15, 0.2) is 54.7 Å². The molecule has 0 spiro atoms. The van der Waals surface area contributed by atoms with Gasteiger partial charge in [0.15, 0.2) is 0 Å². The molecule has 40 heavy (non-hydrogen) atoms. The minimum Gasteiger partial charge on any atom is -0.368 e. The number of benzene rings is 2. The summed E-state index contributed by atoms with van der Waals surface area (Å²) < 4.78 is 13.8. The van der Waals surface area contributed by atoms with E-state index in [1.807, 2.05) is 24.3 Å². The number of hydrogen-bond donors (Lipinski definition) is 3. The molecular formula is C30H34FN5O4. The van der Waals surface area contributed by atoms with Gasteiger partial charge in [0.2, 0.25) is 17.7 Å². The Labute approximate surface area is 231 Å². The van der Waals surface area contributed by atoms with Crippen LogP contribution in [-0.2, 0) is 20.8 Å². The highest BCUT2D eigenvalue weighted by molar-refractivity contribution is 5.97. The highest BCUT2D eigenvalue weighted by atomic mass is 19.1. The summed E-state index contributed by atoms with van der Waals surface area (Å²) >= 11 is 0. The van der Waals surface area contributed by atoms with Crippen LogP contribution in [0.4, 0.5) is 4.39 Å². The first-order chi connectivity index (χ1) is 19.3. The zero-order valence-electron chi connectivity index (χ0n) is 22.3. The Kier molecular flexibility index (Phi) is 8.14. The van der Waals surface area contributed by atoms with Crippen LogP contribution < -0.4 is 11.1 Å². The molecule has 1 saturated heterocycles. The van der Waals surface area contributed by atoms with Crippen LogP contribution in [-0.4, -0.2) is 70.1 Å². The van der Waals surface area contributed by atoms with Crippen LogP contribution in [0.1, 0.15) is 48.0 Å². The number of carbonyl (C=O) groups excluding carboxylic acids is 4. The molecule has 10 heteroatoms. The van der Waals surface area contributed by atoms with E-state index in [0.29, 0.717) is 0 Å². The summed E-state index contributed by atoms with van der Waals surface area (Å²) in [5.41, 5.74) is 7.59. The Hall–Kier alpha value is -4.21. The van der Waals surface area contributed by atoms with E-state index in [4.69, 9.17) is 5.73 Å². The third kappa shape index (κ3) is 5.85. The molecule has 1 saturated carbocycles. The fourth-order valence-electron chi connectivity index (χ4n) is 5.85. The molecule has 5 rings (SSSR count). The van der Waals surface area contributed by atoms with Crippen LogP contribution in [0.5, 0.6) is 0 Å². The van der Waals surface area contributed by atoms with E-state index in [9.17, 15) is 23.6 Å². The van der Waals surface area contributed by atoms with Gasteiger partial charge in [-0.25, -0.2) is 4.39 Å². The second kappa shape index (κ2) is 11.9. The summed E-state index contributed by atoms with van der Waals surface area (Å²) in [6.45, 7) is 0.308. The summed E-state index contributed by atoms with van der Waals surface area (Å²) in [6, 6.07) is 11.0. The average molecular weight is 548 g/mol. The molecule has 2 heterocycles. The molecule has 1 aromatic heterocycles. The lowest BCUT2D eigenvalue weighted by Crippen LogP contribution is -2.64. The fourth-order valence-corrected chi connectivity index (χ4v) is 5.85. The number of primary amides is 1. The van der Waals surface area contributed by atoms with Gasteiger partial charge in [0.25, 0.3) is 5.91 Å². The Morgan fingerprint density at radius 1 is 1.02 bits per heavy atom. The molecule has 9 nitrogen and oxygen atoms in total. The maximum Gasteiger partial charge on any atom is 0.254 e. The van der Waals surface area contributed by atoms with Gasteiger partial charge in [-0.2, -0.15) is 0 Å². The Morgan fingerprint density at radius 2 is 1.80 bits per heavy atom. The number of rotatable bonds is 7. The molecule has 4 amide bonds. The first-order valence-electron chi connectivity index (χ1n) is 13.8. The van der Waals surface area contributed by atoms with E-state index in [0.717, 1.165) is 54.6 Å². The standard InChI is InChI=1S/C30H34FN5O4/c31-22-10-6-9-20(15-22)29(39)35-13-14-36(30(40)19-7-2-1-3-8-19)26(18-35)28(38)34-25(27(32)37)16-21-17-33-24-12-5-4-11-23(21)24/h4-6,9-12,15,17,19,25-26,33H,1-3,7-8,13-14,16,18H2,(H2,32,37)(H,34,38). The maximum absolute atomic E-state index is 13.8. The van der Waals surface area contributed by atoms with Crippen LogP contribution in [0.3, 0.4) is 0 Å². The van der Waals surface area contributed by atoms with E-state index in [-0.39, 0.29) is 43.4 Å². The summed E-state index contributed by atoms with van der Waals surface area (Å²) in [5, 5.41) is 3.68. The van der Waals surface area contributed by atoms with Gasteiger partial charge in [0, 0.05) is 48.1 Å². The van der Waals surface area contributed by atoms with Gasteiger partial charge in [-0.3, -0.25) is 19.2 Å². The zero-order chi connectivity index (χ0) is 28.2. The highest BCUT2D eigenvalue weighted by Gasteiger charge is 2.40. The van der Waals surface area contributed by atoms with E-state index in [1.165, 1.54) is 23.1 Å². The van der Waals surface area contributed by atoms with Crippen LogP contribution in [0.2, 0.25) is 0 Å². The number of amides is 4. The van der Waals surface area contributed by atoms with Crippen LogP contribution >= 0.6 is 0 Å². The fraction of sp³-hybridized carbons (Fsp3) is 0.400. The van der Waals surface area contributed by atoms with Gasteiger partial charge in [-0.1, -0.05) is 43.5 Å². The molecule has 2 atom stereocenters. The van der Waals surface area contributed by atoms with Crippen molar-refractivity contribution in [3.05, 3.63) is 71.7 Å². The number of aromatic nitrogens is 1. The summed E-state index contributed by atoms with van der Waals surface area (Å²) in [4.78, 5) is 59.1. The molecule has 4 N–H and O–H groups in total. The zero-order valence-corrected chi connectivity index (χ0v) is 22.3. The lowest BCUT2D eigenvalue weighted by atomic mass is 9.87. The minimum absolute atomic E-state index is 0.0712.